The quantitative estimate of drug-likeness (QED) is 0.791. The van der Waals surface area contributed by atoms with Gasteiger partial charge in [-0.3, -0.25) is 14.7 Å². The fourth-order valence-electron chi connectivity index (χ4n) is 4.62. The number of Topliss-reactive ketones (excluding diaryl/α,β-unsaturated/α-hetero) is 1. The monoisotopic (exact) mass is 385 g/mol. The van der Waals surface area contributed by atoms with E-state index in [4.69, 9.17) is 4.74 Å². The molecule has 2 aromatic rings. The number of morpholine rings is 1. The third-order valence-electron chi connectivity index (χ3n) is 5.80. The van der Waals surface area contributed by atoms with Gasteiger partial charge in [-0.05, 0) is 42.5 Å². The number of carbonyl (C=O) groups excluding carboxylic acids is 1. The van der Waals surface area contributed by atoms with Crippen LogP contribution in [0.15, 0.2) is 30.5 Å². The van der Waals surface area contributed by atoms with Crippen LogP contribution in [0.4, 0.5) is 10.1 Å². The Morgan fingerprint density at radius 2 is 2.07 bits per heavy atom. The molecule has 2 atom stereocenters. The molecule has 28 heavy (non-hydrogen) atoms. The van der Waals surface area contributed by atoms with Gasteiger partial charge >= 0.3 is 0 Å². The van der Waals surface area contributed by atoms with Crippen molar-refractivity contribution in [3.63, 3.8) is 0 Å². The van der Waals surface area contributed by atoms with Crippen LogP contribution in [0, 0.1) is 17.7 Å². The molecule has 1 aromatic heterocycles. The fraction of sp³-hybridized carbons (Fsp3) is 0.545. The predicted octanol–water partition coefficient (Wildman–Crippen LogP) is 3.13. The number of fused-ring (bicyclic) bond motifs is 1. The number of halogens is 1. The van der Waals surface area contributed by atoms with Gasteiger partial charge in [0.1, 0.15) is 17.1 Å². The first-order valence-electron chi connectivity index (χ1n) is 10.2. The van der Waals surface area contributed by atoms with Crippen molar-refractivity contribution in [1.82, 2.24) is 9.88 Å². The Bertz CT molecular complexity index is 838. The maximum Gasteiger partial charge on any atom is 0.149 e. The molecule has 0 radical (unpaired) electrons. The molecule has 2 saturated heterocycles. The second-order valence-electron chi connectivity index (χ2n) is 8.21. The van der Waals surface area contributed by atoms with Crippen LogP contribution in [-0.2, 0) is 9.53 Å². The summed E-state index contributed by atoms with van der Waals surface area (Å²) in [6.45, 7) is 7.62. The lowest BCUT2D eigenvalue weighted by Gasteiger charge is -2.38. The molecular formula is C22H28FN3O2. The summed E-state index contributed by atoms with van der Waals surface area (Å²) in [5, 5.41) is 0.843. The van der Waals surface area contributed by atoms with Gasteiger partial charge in [-0.25, -0.2) is 4.39 Å². The molecule has 5 nitrogen and oxygen atoms in total. The van der Waals surface area contributed by atoms with Crippen LogP contribution in [0.2, 0.25) is 0 Å². The molecule has 6 heteroatoms. The van der Waals surface area contributed by atoms with Crippen molar-refractivity contribution in [2.45, 2.75) is 19.8 Å². The standard InChI is InChI=1S/C22H28FN3O2/c1-16-11-17(12-18(27)15-25-7-9-28-10-8-25)14-26(13-16)21-5-4-20(23)22-19(21)3-2-6-24-22/h2-6,16-17H,7-15H2,1H3/t16-,17-/m0/s1. The van der Waals surface area contributed by atoms with E-state index in [9.17, 15) is 9.18 Å². The lowest BCUT2D eigenvalue weighted by Crippen LogP contribution is -2.43. The third-order valence-corrected chi connectivity index (χ3v) is 5.80. The van der Waals surface area contributed by atoms with E-state index in [2.05, 4.69) is 21.7 Å². The number of anilines is 1. The van der Waals surface area contributed by atoms with E-state index in [0.29, 0.717) is 49.3 Å². The second-order valence-corrected chi connectivity index (χ2v) is 8.21. The summed E-state index contributed by atoms with van der Waals surface area (Å²) in [6.07, 6.45) is 3.29. The number of hydrogen-bond donors (Lipinski definition) is 0. The van der Waals surface area contributed by atoms with E-state index in [-0.39, 0.29) is 5.82 Å². The molecule has 2 aliphatic heterocycles. The topological polar surface area (TPSA) is 45.7 Å². The van der Waals surface area contributed by atoms with Gasteiger partial charge in [0, 0.05) is 49.9 Å². The number of piperidine rings is 1. The van der Waals surface area contributed by atoms with Crippen LogP contribution in [-0.4, -0.2) is 61.6 Å². The van der Waals surface area contributed by atoms with E-state index >= 15 is 0 Å². The van der Waals surface area contributed by atoms with Gasteiger partial charge in [-0.15, -0.1) is 0 Å². The SMILES string of the molecule is C[C@H]1C[C@@H](CC(=O)CN2CCOCC2)CN(c2ccc(F)c3ncccc23)C1. The lowest BCUT2D eigenvalue weighted by atomic mass is 9.86. The van der Waals surface area contributed by atoms with E-state index in [1.165, 1.54) is 6.07 Å². The smallest absolute Gasteiger partial charge is 0.149 e. The van der Waals surface area contributed by atoms with Crippen molar-refractivity contribution in [1.29, 1.82) is 0 Å². The number of benzene rings is 1. The molecule has 0 saturated carbocycles. The normalized spacial score (nSPS) is 23.9. The van der Waals surface area contributed by atoms with Crippen LogP contribution in [0.1, 0.15) is 19.8 Å². The summed E-state index contributed by atoms with van der Waals surface area (Å²) in [4.78, 5) is 21.3. The predicted molar refractivity (Wildman–Crippen MR) is 108 cm³/mol. The van der Waals surface area contributed by atoms with Crippen LogP contribution in [0.3, 0.4) is 0 Å². The molecule has 150 valence electrons. The molecule has 0 bridgehead atoms. The highest BCUT2D eigenvalue weighted by atomic mass is 19.1. The Morgan fingerprint density at radius 1 is 1.25 bits per heavy atom. The number of nitrogens with zero attached hydrogens (tertiary/aromatic N) is 3. The number of pyridine rings is 1. The number of aromatic nitrogens is 1. The maximum atomic E-state index is 14.1. The Hall–Kier alpha value is -2.05. The fourth-order valence-corrected chi connectivity index (χ4v) is 4.62. The molecule has 3 heterocycles. The van der Waals surface area contributed by atoms with Crippen molar-refractivity contribution in [3.8, 4) is 0 Å². The van der Waals surface area contributed by atoms with Crippen LogP contribution in [0.25, 0.3) is 10.9 Å². The number of rotatable bonds is 5. The number of ketones is 1. The Balaban J connectivity index is 1.46. The van der Waals surface area contributed by atoms with Gasteiger partial charge < -0.3 is 9.64 Å². The summed E-state index contributed by atoms with van der Waals surface area (Å²) in [7, 11) is 0. The van der Waals surface area contributed by atoms with Crippen LogP contribution >= 0.6 is 0 Å². The molecule has 0 unspecified atom stereocenters. The molecule has 0 N–H and O–H groups in total. The van der Waals surface area contributed by atoms with Crippen molar-refractivity contribution in [3.05, 3.63) is 36.3 Å². The summed E-state index contributed by atoms with van der Waals surface area (Å²) in [5.74, 6) is 0.842. The van der Waals surface area contributed by atoms with Crippen molar-refractivity contribution in [2.24, 2.45) is 11.8 Å². The van der Waals surface area contributed by atoms with Gasteiger partial charge in [0.05, 0.1) is 19.8 Å². The maximum absolute atomic E-state index is 14.1. The van der Waals surface area contributed by atoms with E-state index in [0.717, 1.165) is 43.7 Å². The third kappa shape index (κ3) is 4.33. The number of ether oxygens (including phenoxy) is 1. The highest BCUT2D eigenvalue weighted by molar-refractivity contribution is 5.92. The molecule has 0 spiro atoms. The van der Waals surface area contributed by atoms with Crippen molar-refractivity contribution >= 4 is 22.4 Å². The molecule has 1 aromatic carbocycles. The van der Waals surface area contributed by atoms with Gasteiger partial charge in [-0.2, -0.15) is 0 Å². The first-order valence-corrected chi connectivity index (χ1v) is 10.2. The van der Waals surface area contributed by atoms with E-state index < -0.39 is 0 Å². The molecule has 0 aliphatic carbocycles. The minimum atomic E-state index is -0.290. The molecule has 0 amide bonds. The van der Waals surface area contributed by atoms with Gasteiger partial charge in [0.15, 0.2) is 0 Å². The molecule has 2 aliphatic rings. The molecule has 2 fully saturated rings. The minimum Gasteiger partial charge on any atom is -0.379 e. The lowest BCUT2D eigenvalue weighted by molar-refractivity contribution is -0.122. The first kappa shape index (κ1) is 19.3. The highest BCUT2D eigenvalue weighted by Gasteiger charge is 2.28. The van der Waals surface area contributed by atoms with Crippen molar-refractivity contribution in [2.75, 3.05) is 50.8 Å². The average molecular weight is 385 g/mol. The van der Waals surface area contributed by atoms with Gasteiger partial charge in [-0.1, -0.05) is 6.92 Å². The summed E-state index contributed by atoms with van der Waals surface area (Å²) in [5.41, 5.74) is 1.43. The average Bonchev–Trinajstić information content (AvgIpc) is 2.68. The minimum absolute atomic E-state index is 0.290. The van der Waals surface area contributed by atoms with Crippen molar-refractivity contribution < 1.29 is 13.9 Å². The van der Waals surface area contributed by atoms with Gasteiger partial charge in [0.25, 0.3) is 0 Å². The number of hydrogen-bond acceptors (Lipinski definition) is 5. The zero-order chi connectivity index (χ0) is 19.5. The number of carbonyl (C=O) groups is 1. The second kappa shape index (κ2) is 8.53. The molecule has 4 rings (SSSR count). The zero-order valence-electron chi connectivity index (χ0n) is 16.4. The summed E-state index contributed by atoms with van der Waals surface area (Å²) in [6, 6.07) is 7.13. The Labute approximate surface area is 165 Å². The highest BCUT2D eigenvalue weighted by Crippen LogP contribution is 2.33. The Kier molecular flexibility index (Phi) is 5.87. The largest absolute Gasteiger partial charge is 0.379 e. The van der Waals surface area contributed by atoms with E-state index in [1.54, 1.807) is 6.20 Å². The summed E-state index contributed by atoms with van der Waals surface area (Å²) >= 11 is 0. The first-order chi connectivity index (χ1) is 13.6. The van der Waals surface area contributed by atoms with Crippen LogP contribution in [0.5, 0.6) is 0 Å². The van der Waals surface area contributed by atoms with Crippen LogP contribution < -0.4 is 4.90 Å². The molecular weight excluding hydrogens is 357 g/mol. The Morgan fingerprint density at radius 3 is 2.89 bits per heavy atom. The van der Waals surface area contributed by atoms with Gasteiger partial charge in [0.2, 0.25) is 0 Å². The summed E-state index contributed by atoms with van der Waals surface area (Å²) < 4.78 is 19.5. The van der Waals surface area contributed by atoms with E-state index in [1.807, 2.05) is 18.2 Å². The zero-order valence-corrected chi connectivity index (χ0v) is 16.4.